The molecule has 0 fully saturated rings. The van der Waals surface area contributed by atoms with Crippen molar-refractivity contribution in [3.63, 3.8) is 0 Å². The van der Waals surface area contributed by atoms with Gasteiger partial charge in [0.1, 0.15) is 5.78 Å². The van der Waals surface area contributed by atoms with Gasteiger partial charge in [-0.05, 0) is 81.5 Å². The maximum Gasteiger partial charge on any atom is 0.155 e. The molecule has 3 nitrogen and oxygen atoms in total. The van der Waals surface area contributed by atoms with E-state index in [1.807, 2.05) is 0 Å². The average molecular weight is 379 g/mol. The molecule has 0 saturated carbocycles. The number of hydrogen-bond donors (Lipinski definition) is 0. The first-order chi connectivity index (χ1) is 12.0. The van der Waals surface area contributed by atoms with Gasteiger partial charge in [-0.25, -0.2) is 8.42 Å². The lowest BCUT2D eigenvalue weighted by atomic mass is 9.94. The number of fused-ring (bicyclic) bond motifs is 1. The van der Waals surface area contributed by atoms with E-state index in [1.165, 1.54) is 16.7 Å². The highest BCUT2D eigenvalue weighted by Gasteiger charge is 2.28. The smallest absolute Gasteiger partial charge is 0.155 e. The van der Waals surface area contributed by atoms with Crippen molar-refractivity contribution in [3.05, 3.63) is 34.4 Å². The molecule has 1 atom stereocenters. The number of Topliss-reactive ketones (excluding diaryl/α,β-unsaturated/α-hetero) is 1. The summed E-state index contributed by atoms with van der Waals surface area (Å²) in [5, 5.41) is 0. The van der Waals surface area contributed by atoms with Crippen LogP contribution in [0.1, 0.15) is 75.6 Å². The zero-order chi connectivity index (χ0) is 19.5. The van der Waals surface area contributed by atoms with Gasteiger partial charge in [0.25, 0.3) is 0 Å². The van der Waals surface area contributed by atoms with Gasteiger partial charge in [-0.15, -0.1) is 0 Å². The number of sulfone groups is 1. The van der Waals surface area contributed by atoms with Crippen molar-refractivity contribution in [1.29, 1.82) is 0 Å². The van der Waals surface area contributed by atoms with Gasteiger partial charge in [0.05, 0.1) is 10.5 Å². The predicted molar refractivity (Wildman–Crippen MR) is 108 cm³/mol. The fraction of sp³-hybridized carbons (Fsp3) is 0.682. The van der Waals surface area contributed by atoms with E-state index >= 15 is 0 Å². The van der Waals surface area contributed by atoms with E-state index in [0.717, 1.165) is 31.2 Å². The van der Waals surface area contributed by atoms with Crippen molar-refractivity contribution in [3.8, 4) is 0 Å². The van der Waals surface area contributed by atoms with Crippen molar-refractivity contribution >= 4 is 15.6 Å². The van der Waals surface area contributed by atoms with Crippen LogP contribution in [0.4, 0.5) is 0 Å². The summed E-state index contributed by atoms with van der Waals surface area (Å²) in [5.41, 5.74) is 5.37. The molecule has 1 aliphatic carbocycles. The Hall–Kier alpha value is -1.16. The average Bonchev–Trinajstić information content (AvgIpc) is 2.90. The minimum Gasteiger partial charge on any atom is -0.299 e. The number of carbonyl (C=O) groups is 1. The summed E-state index contributed by atoms with van der Waals surface area (Å²) in [5.74, 6) is 1.18. The topological polar surface area (TPSA) is 51.2 Å². The van der Waals surface area contributed by atoms with Gasteiger partial charge >= 0.3 is 0 Å². The minimum atomic E-state index is -3.05. The summed E-state index contributed by atoms with van der Waals surface area (Å²) in [7, 11) is -3.05. The van der Waals surface area contributed by atoms with Crippen molar-refractivity contribution in [2.45, 2.75) is 84.3 Å². The van der Waals surface area contributed by atoms with Crippen molar-refractivity contribution in [2.24, 2.45) is 5.92 Å². The third kappa shape index (κ3) is 5.18. The zero-order valence-corrected chi connectivity index (χ0v) is 17.8. The Kier molecular flexibility index (Phi) is 6.70. The molecule has 0 aromatic heterocycles. The van der Waals surface area contributed by atoms with Crippen LogP contribution in [0.3, 0.4) is 0 Å². The molecule has 1 aromatic rings. The molecule has 0 N–H and O–H groups in total. The summed E-state index contributed by atoms with van der Waals surface area (Å²) in [6, 6.07) is 4.33. The monoisotopic (exact) mass is 378 g/mol. The molecule has 0 saturated heterocycles. The van der Waals surface area contributed by atoms with Crippen LogP contribution >= 0.6 is 0 Å². The van der Waals surface area contributed by atoms with Crippen LogP contribution in [0.5, 0.6) is 0 Å². The highest BCUT2D eigenvalue weighted by molar-refractivity contribution is 7.92. The first-order valence-corrected chi connectivity index (χ1v) is 11.5. The third-order valence-corrected chi connectivity index (χ3v) is 8.31. The van der Waals surface area contributed by atoms with Crippen molar-refractivity contribution < 1.29 is 13.2 Å². The number of carbonyl (C=O) groups excluding carboxylic acids is 1. The second-order valence-corrected chi connectivity index (χ2v) is 11.8. The SMILES string of the molecule is Cc1c(CC(=O)CCCCCS(=O)(=O)C(C)(C)C)ccc2c1CC(C)C2. The van der Waals surface area contributed by atoms with Crippen molar-refractivity contribution in [2.75, 3.05) is 5.75 Å². The quantitative estimate of drug-likeness (QED) is 0.621. The molecule has 1 unspecified atom stereocenters. The van der Waals surface area contributed by atoms with Gasteiger partial charge in [0.2, 0.25) is 0 Å². The molecule has 1 aromatic carbocycles. The third-order valence-electron chi connectivity index (χ3n) is 5.62. The highest BCUT2D eigenvalue weighted by Crippen LogP contribution is 2.31. The number of ketones is 1. The molecule has 1 aliphatic rings. The summed E-state index contributed by atoms with van der Waals surface area (Å²) in [6.07, 6.45) is 5.55. The maximum absolute atomic E-state index is 12.3. The van der Waals surface area contributed by atoms with Crippen LogP contribution in [0.2, 0.25) is 0 Å². The molecule has 146 valence electrons. The summed E-state index contributed by atoms with van der Waals surface area (Å²) in [6.45, 7) is 9.66. The summed E-state index contributed by atoms with van der Waals surface area (Å²) < 4.78 is 23.5. The number of rotatable bonds is 8. The normalized spacial score (nSPS) is 17.3. The van der Waals surface area contributed by atoms with Crippen LogP contribution in [0.15, 0.2) is 12.1 Å². The number of benzene rings is 1. The Labute approximate surface area is 159 Å². The number of unbranched alkanes of at least 4 members (excludes halogenated alkanes) is 2. The van der Waals surface area contributed by atoms with E-state index in [-0.39, 0.29) is 11.5 Å². The summed E-state index contributed by atoms with van der Waals surface area (Å²) in [4.78, 5) is 12.3. The van der Waals surface area contributed by atoms with Crippen LogP contribution < -0.4 is 0 Å². The molecular formula is C22H34O3S. The van der Waals surface area contributed by atoms with E-state index in [9.17, 15) is 13.2 Å². The Bertz CT molecular complexity index is 754. The van der Waals surface area contributed by atoms with Gasteiger partial charge in [-0.3, -0.25) is 4.79 Å². The lowest BCUT2D eigenvalue weighted by molar-refractivity contribution is -0.118. The lowest BCUT2D eigenvalue weighted by Gasteiger charge is -2.18. The van der Waals surface area contributed by atoms with E-state index in [0.29, 0.717) is 25.2 Å². The molecule has 0 heterocycles. The Balaban J connectivity index is 1.78. The molecule has 0 amide bonds. The molecule has 4 heteroatoms. The van der Waals surface area contributed by atoms with Crippen LogP contribution in [-0.4, -0.2) is 24.7 Å². The van der Waals surface area contributed by atoms with Gasteiger partial charge in [-0.1, -0.05) is 25.5 Å². The first kappa shape index (κ1) is 21.1. The molecule has 0 spiro atoms. The van der Waals surface area contributed by atoms with Gasteiger partial charge in [0, 0.05) is 12.8 Å². The number of hydrogen-bond acceptors (Lipinski definition) is 3. The Morgan fingerprint density at radius 1 is 1.12 bits per heavy atom. The lowest BCUT2D eigenvalue weighted by Crippen LogP contribution is -2.30. The Morgan fingerprint density at radius 3 is 2.46 bits per heavy atom. The largest absolute Gasteiger partial charge is 0.299 e. The molecule has 2 rings (SSSR count). The van der Waals surface area contributed by atoms with Gasteiger partial charge in [0.15, 0.2) is 9.84 Å². The van der Waals surface area contributed by atoms with Gasteiger partial charge in [-0.2, -0.15) is 0 Å². The minimum absolute atomic E-state index is 0.215. The van der Waals surface area contributed by atoms with Gasteiger partial charge < -0.3 is 0 Å². The van der Waals surface area contributed by atoms with E-state index < -0.39 is 14.6 Å². The van der Waals surface area contributed by atoms with E-state index in [4.69, 9.17) is 0 Å². The summed E-state index contributed by atoms with van der Waals surface area (Å²) >= 11 is 0. The second-order valence-electron chi connectivity index (χ2n) is 8.96. The second kappa shape index (κ2) is 8.24. The predicted octanol–water partition coefficient (Wildman–Crippen LogP) is 4.62. The van der Waals surface area contributed by atoms with Crippen molar-refractivity contribution in [1.82, 2.24) is 0 Å². The fourth-order valence-corrected chi connectivity index (χ4v) is 4.92. The maximum atomic E-state index is 12.3. The zero-order valence-electron chi connectivity index (χ0n) is 17.0. The molecule has 0 aliphatic heterocycles. The van der Waals surface area contributed by atoms with Crippen LogP contribution in [-0.2, 0) is 33.9 Å². The molecule has 26 heavy (non-hydrogen) atoms. The Morgan fingerprint density at radius 2 is 1.81 bits per heavy atom. The molecular weight excluding hydrogens is 344 g/mol. The molecule has 0 bridgehead atoms. The van der Waals surface area contributed by atoms with E-state index in [1.54, 1.807) is 20.8 Å². The fourth-order valence-electron chi connectivity index (χ4n) is 3.72. The van der Waals surface area contributed by atoms with E-state index in [2.05, 4.69) is 26.0 Å². The standard InChI is InChI=1S/C22H34O3S/c1-16-13-19-11-10-18(17(2)21(19)14-16)15-20(23)9-7-6-8-12-26(24,25)22(3,4)5/h10-11,16H,6-9,12-15H2,1-5H3. The van der Waals surface area contributed by atoms with Crippen LogP contribution in [0.25, 0.3) is 0 Å². The first-order valence-electron chi connectivity index (χ1n) is 9.85. The highest BCUT2D eigenvalue weighted by atomic mass is 32.2. The van der Waals surface area contributed by atoms with Crippen LogP contribution in [0, 0.1) is 12.8 Å². The molecule has 0 radical (unpaired) electrons.